The minimum absolute atomic E-state index is 0.125. The molecule has 108 valence electrons. The molecule has 1 N–H and O–H groups in total. The maximum absolute atomic E-state index is 13.4. The molecule has 0 radical (unpaired) electrons. The number of thioether (sulfide) groups is 1. The van der Waals surface area contributed by atoms with Gasteiger partial charge in [-0.3, -0.25) is 4.79 Å². The van der Waals surface area contributed by atoms with E-state index in [2.05, 4.69) is 10.2 Å². The van der Waals surface area contributed by atoms with Gasteiger partial charge in [0.05, 0.1) is 5.75 Å². The highest BCUT2D eigenvalue weighted by Gasteiger charge is 2.16. The molecule has 0 unspecified atom stereocenters. The Morgan fingerprint density at radius 1 is 1.35 bits per heavy atom. The van der Waals surface area contributed by atoms with Crippen molar-refractivity contribution in [1.82, 2.24) is 10.2 Å². The molecule has 3 nitrogen and oxygen atoms in total. The standard InChI is InChI=1S/C14H17FN2OS2/c15-12-6-2-1-5-11(12)9-16-13(18)10-20-14(19)17-7-3-4-8-17/h1-2,5-6H,3-4,7-10H2,(H,16,18). The normalized spacial score (nSPS) is 14.3. The minimum atomic E-state index is -0.298. The number of hydrogen-bond acceptors (Lipinski definition) is 3. The molecule has 0 aromatic heterocycles. The van der Waals surface area contributed by atoms with Crippen molar-refractivity contribution in [3.63, 3.8) is 0 Å². The lowest BCUT2D eigenvalue weighted by Gasteiger charge is -2.17. The first kappa shape index (κ1) is 15.3. The summed E-state index contributed by atoms with van der Waals surface area (Å²) in [5.74, 6) is -0.142. The number of likely N-dealkylation sites (tertiary alicyclic amines) is 1. The van der Waals surface area contributed by atoms with Gasteiger partial charge < -0.3 is 10.2 Å². The molecule has 1 heterocycles. The number of halogens is 1. The number of hydrogen-bond donors (Lipinski definition) is 1. The van der Waals surface area contributed by atoms with E-state index in [9.17, 15) is 9.18 Å². The highest BCUT2D eigenvalue weighted by molar-refractivity contribution is 8.23. The number of benzene rings is 1. The van der Waals surface area contributed by atoms with E-state index in [1.807, 2.05) is 0 Å². The zero-order valence-corrected chi connectivity index (χ0v) is 12.7. The van der Waals surface area contributed by atoms with E-state index in [0.29, 0.717) is 5.56 Å². The summed E-state index contributed by atoms with van der Waals surface area (Å²) >= 11 is 6.65. The molecule has 0 aliphatic carbocycles. The summed E-state index contributed by atoms with van der Waals surface area (Å²) in [6.07, 6.45) is 2.33. The smallest absolute Gasteiger partial charge is 0.230 e. The average Bonchev–Trinajstić information content (AvgIpc) is 2.98. The molecule has 2 rings (SSSR count). The fourth-order valence-corrected chi connectivity index (χ4v) is 3.09. The molecule has 0 spiro atoms. The van der Waals surface area contributed by atoms with Gasteiger partial charge >= 0.3 is 0 Å². The zero-order valence-electron chi connectivity index (χ0n) is 11.1. The van der Waals surface area contributed by atoms with Gasteiger partial charge in [0.25, 0.3) is 0 Å². The number of thiocarbonyl (C=S) groups is 1. The third kappa shape index (κ3) is 4.45. The van der Waals surface area contributed by atoms with Gasteiger partial charge in [-0.2, -0.15) is 0 Å². The van der Waals surface area contributed by atoms with Crippen LogP contribution >= 0.6 is 24.0 Å². The summed E-state index contributed by atoms with van der Waals surface area (Å²) in [5, 5.41) is 2.71. The van der Waals surface area contributed by atoms with E-state index in [4.69, 9.17) is 12.2 Å². The summed E-state index contributed by atoms with van der Waals surface area (Å²) in [4.78, 5) is 13.8. The number of nitrogens with zero attached hydrogens (tertiary/aromatic N) is 1. The molecule has 0 bridgehead atoms. The third-order valence-corrected chi connectivity index (χ3v) is 4.65. The fraction of sp³-hybridized carbons (Fsp3) is 0.429. The molecule has 20 heavy (non-hydrogen) atoms. The van der Waals surface area contributed by atoms with E-state index in [1.54, 1.807) is 18.2 Å². The second-order valence-electron chi connectivity index (χ2n) is 4.62. The van der Waals surface area contributed by atoms with E-state index in [-0.39, 0.29) is 24.0 Å². The molecular weight excluding hydrogens is 295 g/mol. The van der Waals surface area contributed by atoms with Gasteiger partial charge in [-0.05, 0) is 18.9 Å². The lowest BCUT2D eigenvalue weighted by Crippen LogP contribution is -2.28. The van der Waals surface area contributed by atoms with Gasteiger partial charge in [0.2, 0.25) is 5.91 Å². The first-order chi connectivity index (χ1) is 9.66. The van der Waals surface area contributed by atoms with Gasteiger partial charge in [0, 0.05) is 25.2 Å². The van der Waals surface area contributed by atoms with Crippen LogP contribution in [0.25, 0.3) is 0 Å². The van der Waals surface area contributed by atoms with Crippen LogP contribution in [0.3, 0.4) is 0 Å². The summed E-state index contributed by atoms with van der Waals surface area (Å²) in [7, 11) is 0. The van der Waals surface area contributed by atoms with Crippen molar-refractivity contribution < 1.29 is 9.18 Å². The number of nitrogens with one attached hydrogen (secondary N) is 1. The molecule has 0 atom stereocenters. The monoisotopic (exact) mass is 312 g/mol. The van der Waals surface area contributed by atoms with Crippen LogP contribution in [0.1, 0.15) is 18.4 Å². The number of carbonyl (C=O) groups excluding carboxylic acids is 1. The summed E-state index contributed by atoms with van der Waals surface area (Å²) < 4.78 is 14.2. The van der Waals surface area contributed by atoms with Crippen LogP contribution in [-0.4, -0.2) is 34.0 Å². The minimum Gasteiger partial charge on any atom is -0.358 e. The topological polar surface area (TPSA) is 32.3 Å². The lowest BCUT2D eigenvalue weighted by atomic mass is 10.2. The van der Waals surface area contributed by atoms with Crippen molar-refractivity contribution in [3.05, 3.63) is 35.6 Å². The Hall–Kier alpha value is -1.14. The third-order valence-electron chi connectivity index (χ3n) is 3.12. The summed E-state index contributed by atoms with van der Waals surface area (Å²) in [6, 6.07) is 6.43. The zero-order chi connectivity index (χ0) is 14.4. The summed E-state index contributed by atoms with van der Waals surface area (Å²) in [5.41, 5.74) is 0.493. The van der Waals surface area contributed by atoms with E-state index in [1.165, 1.54) is 30.7 Å². The van der Waals surface area contributed by atoms with E-state index >= 15 is 0 Å². The molecule has 1 aromatic carbocycles. The van der Waals surface area contributed by atoms with Gasteiger partial charge in [-0.15, -0.1) is 0 Å². The molecule has 1 aliphatic heterocycles. The first-order valence-corrected chi connectivity index (χ1v) is 7.98. The number of rotatable bonds is 4. The lowest BCUT2D eigenvalue weighted by molar-refractivity contribution is -0.118. The van der Waals surface area contributed by atoms with Crippen molar-refractivity contribution in [2.75, 3.05) is 18.8 Å². The highest BCUT2D eigenvalue weighted by Crippen LogP contribution is 2.16. The molecule has 1 amide bonds. The van der Waals surface area contributed by atoms with Crippen LogP contribution in [0, 0.1) is 5.82 Å². The van der Waals surface area contributed by atoms with E-state index in [0.717, 1.165) is 17.4 Å². The second kappa shape index (κ2) is 7.59. The molecule has 1 aromatic rings. The predicted molar refractivity (Wildman–Crippen MR) is 84.1 cm³/mol. The Balaban J connectivity index is 1.70. The molecule has 0 saturated carbocycles. The SMILES string of the molecule is O=C(CSC(=S)N1CCCC1)NCc1ccccc1F. The molecule has 1 fully saturated rings. The maximum atomic E-state index is 13.4. The fourth-order valence-electron chi connectivity index (χ4n) is 2.00. The van der Waals surface area contributed by atoms with Crippen molar-refractivity contribution in [3.8, 4) is 0 Å². The molecule has 6 heteroatoms. The van der Waals surface area contributed by atoms with Crippen molar-refractivity contribution in [2.24, 2.45) is 0 Å². The van der Waals surface area contributed by atoms with Crippen LogP contribution < -0.4 is 5.32 Å². The van der Waals surface area contributed by atoms with Crippen molar-refractivity contribution >= 4 is 34.2 Å². The van der Waals surface area contributed by atoms with Crippen molar-refractivity contribution in [2.45, 2.75) is 19.4 Å². The van der Waals surface area contributed by atoms with Crippen LogP contribution in [0.4, 0.5) is 4.39 Å². The summed E-state index contributed by atoms with van der Waals surface area (Å²) in [6.45, 7) is 2.19. The van der Waals surface area contributed by atoms with Gasteiger partial charge in [-0.25, -0.2) is 4.39 Å². The molecule has 1 aliphatic rings. The predicted octanol–water partition coefficient (Wildman–Crippen LogP) is 2.56. The van der Waals surface area contributed by atoms with E-state index < -0.39 is 0 Å². The Labute approximate surface area is 127 Å². The van der Waals surface area contributed by atoms with Crippen LogP contribution in [0.5, 0.6) is 0 Å². The largest absolute Gasteiger partial charge is 0.358 e. The second-order valence-corrected chi connectivity index (χ2v) is 6.23. The van der Waals surface area contributed by atoms with Gasteiger partial charge in [-0.1, -0.05) is 42.2 Å². The quantitative estimate of drug-likeness (QED) is 0.866. The van der Waals surface area contributed by atoms with Gasteiger partial charge in [0.15, 0.2) is 0 Å². The number of amides is 1. The Kier molecular flexibility index (Phi) is 5.79. The number of carbonyl (C=O) groups is 1. The highest BCUT2D eigenvalue weighted by atomic mass is 32.2. The van der Waals surface area contributed by atoms with Crippen LogP contribution in [0.15, 0.2) is 24.3 Å². The van der Waals surface area contributed by atoms with Crippen LogP contribution in [-0.2, 0) is 11.3 Å². The van der Waals surface area contributed by atoms with Gasteiger partial charge in [0.1, 0.15) is 10.1 Å². The average molecular weight is 312 g/mol. The Morgan fingerprint density at radius 2 is 2.05 bits per heavy atom. The Morgan fingerprint density at radius 3 is 2.75 bits per heavy atom. The van der Waals surface area contributed by atoms with Crippen molar-refractivity contribution in [1.29, 1.82) is 0 Å². The molecular formula is C14H17FN2OS2. The maximum Gasteiger partial charge on any atom is 0.230 e. The van der Waals surface area contributed by atoms with Crippen LogP contribution in [0.2, 0.25) is 0 Å². The first-order valence-electron chi connectivity index (χ1n) is 6.58. The Bertz CT molecular complexity index is 490. The molecule has 1 saturated heterocycles.